The van der Waals surface area contributed by atoms with Crippen molar-refractivity contribution in [2.75, 3.05) is 0 Å². The third-order valence-electron chi connectivity index (χ3n) is 4.28. The van der Waals surface area contributed by atoms with Crippen LogP contribution in [0, 0.1) is 0 Å². The van der Waals surface area contributed by atoms with Crippen LogP contribution >= 0.6 is 0 Å². The summed E-state index contributed by atoms with van der Waals surface area (Å²) in [5.41, 5.74) is 3.74. The smallest absolute Gasteiger partial charge is 0.315 e. The fourth-order valence-electron chi connectivity index (χ4n) is 2.85. The Balaban J connectivity index is 1.33. The number of nitrogens with one attached hydrogen (secondary N) is 3. The van der Waals surface area contributed by atoms with Gasteiger partial charge in [-0.05, 0) is 31.2 Å². The summed E-state index contributed by atoms with van der Waals surface area (Å²) in [6.07, 6.45) is 3.65. The van der Waals surface area contributed by atoms with Crippen LogP contribution < -0.4 is 10.6 Å². The standard InChI is InChI=1S/C20H20N6O/c1-14(19-24-17-9-5-6-10-18(17)25-19)23-20(27)21-11-15-12-22-26(13-15)16-7-3-2-4-8-16/h2-10,12-14H,11H2,1H3,(H,24,25)(H2,21,23,27). The van der Waals surface area contributed by atoms with Gasteiger partial charge in [-0.3, -0.25) is 0 Å². The number of carbonyl (C=O) groups is 1. The largest absolute Gasteiger partial charge is 0.340 e. The quantitative estimate of drug-likeness (QED) is 0.510. The molecule has 27 heavy (non-hydrogen) atoms. The Morgan fingerprint density at radius 2 is 1.93 bits per heavy atom. The van der Waals surface area contributed by atoms with Crippen LogP contribution in [0.3, 0.4) is 0 Å². The van der Waals surface area contributed by atoms with E-state index in [2.05, 4.69) is 25.7 Å². The van der Waals surface area contributed by atoms with Gasteiger partial charge in [0.25, 0.3) is 0 Å². The molecule has 1 unspecified atom stereocenters. The monoisotopic (exact) mass is 360 g/mol. The Labute approximate surface area is 156 Å². The van der Waals surface area contributed by atoms with Crippen LogP contribution in [0.25, 0.3) is 16.7 Å². The average Bonchev–Trinajstić information content (AvgIpc) is 3.34. The number of H-pyrrole nitrogens is 1. The Bertz CT molecular complexity index is 1020. The van der Waals surface area contributed by atoms with E-state index in [0.717, 1.165) is 28.1 Å². The highest BCUT2D eigenvalue weighted by molar-refractivity contribution is 5.76. The van der Waals surface area contributed by atoms with Crippen LogP contribution in [0.2, 0.25) is 0 Å². The Morgan fingerprint density at radius 3 is 2.74 bits per heavy atom. The summed E-state index contributed by atoms with van der Waals surface area (Å²) >= 11 is 0. The summed E-state index contributed by atoms with van der Waals surface area (Å²) in [6, 6.07) is 17.1. The van der Waals surface area contributed by atoms with Crippen molar-refractivity contribution in [2.45, 2.75) is 19.5 Å². The van der Waals surface area contributed by atoms with Crippen molar-refractivity contribution in [1.82, 2.24) is 30.4 Å². The number of hydrogen-bond acceptors (Lipinski definition) is 3. The van der Waals surface area contributed by atoms with Gasteiger partial charge < -0.3 is 15.6 Å². The van der Waals surface area contributed by atoms with E-state index in [1.807, 2.05) is 67.7 Å². The second-order valence-electron chi connectivity index (χ2n) is 6.32. The number of imidazole rings is 1. The molecule has 0 aliphatic rings. The van der Waals surface area contributed by atoms with Gasteiger partial charge in [-0.1, -0.05) is 30.3 Å². The maximum absolute atomic E-state index is 12.2. The summed E-state index contributed by atoms with van der Waals surface area (Å²) in [7, 11) is 0. The normalized spacial score (nSPS) is 12.0. The van der Waals surface area contributed by atoms with E-state index in [4.69, 9.17) is 0 Å². The first kappa shape index (κ1) is 16.8. The Hall–Kier alpha value is -3.61. The lowest BCUT2D eigenvalue weighted by atomic mass is 10.3. The van der Waals surface area contributed by atoms with E-state index in [-0.39, 0.29) is 12.1 Å². The fraction of sp³-hybridized carbons (Fsp3) is 0.150. The number of aromatic nitrogens is 4. The molecule has 0 radical (unpaired) electrons. The van der Waals surface area contributed by atoms with Gasteiger partial charge in [-0.25, -0.2) is 14.5 Å². The molecule has 1 atom stereocenters. The van der Waals surface area contributed by atoms with Crippen molar-refractivity contribution >= 4 is 17.1 Å². The topological polar surface area (TPSA) is 87.6 Å². The van der Waals surface area contributed by atoms with Crippen LogP contribution in [-0.4, -0.2) is 25.8 Å². The molecule has 0 saturated carbocycles. The van der Waals surface area contributed by atoms with Gasteiger partial charge in [0.1, 0.15) is 5.82 Å². The average molecular weight is 360 g/mol. The summed E-state index contributed by atoms with van der Waals surface area (Å²) in [4.78, 5) is 19.9. The molecule has 136 valence electrons. The minimum absolute atomic E-state index is 0.232. The maximum atomic E-state index is 12.2. The Morgan fingerprint density at radius 1 is 1.15 bits per heavy atom. The van der Waals surface area contributed by atoms with Gasteiger partial charge in [0, 0.05) is 18.3 Å². The zero-order chi connectivity index (χ0) is 18.6. The minimum Gasteiger partial charge on any atom is -0.340 e. The number of hydrogen-bond donors (Lipinski definition) is 3. The maximum Gasteiger partial charge on any atom is 0.315 e. The molecule has 0 bridgehead atoms. The number of aromatic amines is 1. The van der Waals surface area contributed by atoms with Gasteiger partial charge >= 0.3 is 6.03 Å². The van der Waals surface area contributed by atoms with Gasteiger partial charge in [0.05, 0.1) is 29.0 Å². The van der Waals surface area contributed by atoms with Crippen molar-refractivity contribution < 1.29 is 4.79 Å². The van der Waals surface area contributed by atoms with Crippen molar-refractivity contribution in [3.63, 3.8) is 0 Å². The van der Waals surface area contributed by atoms with Crippen LogP contribution in [0.1, 0.15) is 24.4 Å². The predicted octanol–water partition coefficient (Wildman–Crippen LogP) is 3.31. The first-order chi connectivity index (χ1) is 13.2. The molecular formula is C20H20N6O. The van der Waals surface area contributed by atoms with Gasteiger partial charge in [-0.15, -0.1) is 0 Å². The lowest BCUT2D eigenvalue weighted by Crippen LogP contribution is -2.36. The summed E-state index contributed by atoms with van der Waals surface area (Å²) in [5, 5.41) is 10.1. The number of para-hydroxylation sites is 3. The van der Waals surface area contributed by atoms with Crippen molar-refractivity contribution in [1.29, 1.82) is 0 Å². The van der Waals surface area contributed by atoms with E-state index >= 15 is 0 Å². The van der Waals surface area contributed by atoms with Crippen molar-refractivity contribution in [3.8, 4) is 5.69 Å². The number of urea groups is 1. The van der Waals surface area contributed by atoms with Gasteiger partial charge in [-0.2, -0.15) is 5.10 Å². The van der Waals surface area contributed by atoms with Crippen molar-refractivity contribution in [3.05, 3.63) is 78.4 Å². The van der Waals surface area contributed by atoms with Crippen LogP contribution in [0.5, 0.6) is 0 Å². The first-order valence-electron chi connectivity index (χ1n) is 8.77. The molecular weight excluding hydrogens is 340 g/mol. The summed E-state index contributed by atoms with van der Waals surface area (Å²) in [6.45, 7) is 2.29. The summed E-state index contributed by atoms with van der Waals surface area (Å²) in [5.74, 6) is 0.725. The molecule has 4 aromatic rings. The molecule has 2 heterocycles. The molecule has 2 aromatic heterocycles. The number of carbonyl (C=O) groups excluding carboxylic acids is 1. The van der Waals surface area contributed by atoms with Gasteiger partial charge in [0.15, 0.2) is 0 Å². The molecule has 7 heteroatoms. The molecule has 2 amide bonds. The predicted molar refractivity (Wildman–Crippen MR) is 103 cm³/mol. The highest BCUT2D eigenvalue weighted by atomic mass is 16.2. The van der Waals surface area contributed by atoms with E-state index in [1.165, 1.54) is 0 Å². The zero-order valence-electron chi connectivity index (χ0n) is 14.9. The number of amides is 2. The zero-order valence-corrected chi connectivity index (χ0v) is 14.9. The van der Waals surface area contributed by atoms with Crippen LogP contribution in [0.15, 0.2) is 67.0 Å². The molecule has 0 spiro atoms. The SMILES string of the molecule is CC(NC(=O)NCc1cnn(-c2ccccc2)c1)c1nc2ccccc2[nH]1. The van der Waals surface area contributed by atoms with Gasteiger partial charge in [0.2, 0.25) is 0 Å². The van der Waals surface area contributed by atoms with Crippen LogP contribution in [0.4, 0.5) is 4.79 Å². The molecule has 0 fully saturated rings. The third kappa shape index (κ3) is 3.82. The van der Waals surface area contributed by atoms with E-state index in [1.54, 1.807) is 10.9 Å². The van der Waals surface area contributed by atoms with Crippen molar-refractivity contribution in [2.24, 2.45) is 0 Å². The molecule has 0 aliphatic heterocycles. The van der Waals surface area contributed by atoms with E-state index < -0.39 is 0 Å². The highest BCUT2D eigenvalue weighted by Gasteiger charge is 2.13. The first-order valence-corrected chi connectivity index (χ1v) is 8.77. The third-order valence-corrected chi connectivity index (χ3v) is 4.28. The number of fused-ring (bicyclic) bond motifs is 1. The lowest BCUT2D eigenvalue weighted by Gasteiger charge is -2.12. The molecule has 4 rings (SSSR count). The number of nitrogens with zero attached hydrogens (tertiary/aromatic N) is 3. The molecule has 3 N–H and O–H groups in total. The molecule has 7 nitrogen and oxygen atoms in total. The highest BCUT2D eigenvalue weighted by Crippen LogP contribution is 2.15. The second-order valence-corrected chi connectivity index (χ2v) is 6.32. The van der Waals surface area contributed by atoms with E-state index in [0.29, 0.717) is 6.54 Å². The minimum atomic E-state index is -0.254. The van der Waals surface area contributed by atoms with E-state index in [9.17, 15) is 4.79 Å². The molecule has 0 saturated heterocycles. The molecule has 0 aliphatic carbocycles. The number of benzene rings is 2. The second kappa shape index (κ2) is 7.33. The summed E-state index contributed by atoms with van der Waals surface area (Å²) < 4.78 is 1.78. The lowest BCUT2D eigenvalue weighted by molar-refractivity contribution is 0.237. The Kier molecular flexibility index (Phi) is 4.57. The van der Waals surface area contributed by atoms with Crippen LogP contribution in [-0.2, 0) is 6.54 Å². The fourth-order valence-corrected chi connectivity index (χ4v) is 2.85. The number of rotatable bonds is 5. The molecule has 2 aromatic carbocycles.